The lowest BCUT2D eigenvalue weighted by Crippen LogP contribution is -2.50. The monoisotopic (exact) mass is 281 g/mol. The van der Waals surface area contributed by atoms with Crippen molar-refractivity contribution in [3.8, 4) is 0 Å². The van der Waals surface area contributed by atoms with Crippen molar-refractivity contribution in [3.63, 3.8) is 0 Å². The van der Waals surface area contributed by atoms with Gasteiger partial charge in [0.15, 0.2) is 6.04 Å². The van der Waals surface area contributed by atoms with Crippen molar-refractivity contribution in [2.45, 2.75) is 38.7 Å². The van der Waals surface area contributed by atoms with E-state index in [0.717, 1.165) is 5.56 Å². The number of amides is 1. The van der Waals surface area contributed by atoms with Gasteiger partial charge in [0.05, 0.1) is 12.7 Å². The van der Waals surface area contributed by atoms with Crippen molar-refractivity contribution in [2.24, 2.45) is 0 Å². The highest BCUT2D eigenvalue weighted by atomic mass is 16.5. The van der Waals surface area contributed by atoms with Gasteiger partial charge >= 0.3 is 5.97 Å². The zero-order valence-corrected chi connectivity index (χ0v) is 11.4. The second-order valence-electron chi connectivity index (χ2n) is 4.50. The van der Waals surface area contributed by atoms with E-state index in [0.29, 0.717) is 0 Å². The molecular weight excluding hydrogens is 262 g/mol. The van der Waals surface area contributed by atoms with Gasteiger partial charge < -0.3 is 20.3 Å². The van der Waals surface area contributed by atoms with E-state index in [1.54, 1.807) is 0 Å². The van der Waals surface area contributed by atoms with Crippen molar-refractivity contribution >= 4 is 11.9 Å². The summed E-state index contributed by atoms with van der Waals surface area (Å²) in [6, 6.07) is 7.97. The molecule has 1 aromatic rings. The fourth-order valence-electron chi connectivity index (χ4n) is 1.53. The summed E-state index contributed by atoms with van der Waals surface area (Å²) in [5.74, 6) is -1.86. The molecule has 6 heteroatoms. The molecule has 0 aliphatic carbocycles. The van der Waals surface area contributed by atoms with Crippen molar-refractivity contribution < 1.29 is 24.5 Å². The van der Waals surface area contributed by atoms with Crippen LogP contribution in [0.4, 0.5) is 0 Å². The molecule has 0 radical (unpaired) electrons. The quantitative estimate of drug-likeness (QED) is 0.678. The summed E-state index contributed by atoms with van der Waals surface area (Å²) < 4.78 is 5.36. The van der Waals surface area contributed by atoms with E-state index in [4.69, 9.17) is 9.84 Å². The minimum Gasteiger partial charge on any atom is -0.480 e. The summed E-state index contributed by atoms with van der Waals surface area (Å²) in [6.45, 7) is 3.08. The first-order valence-electron chi connectivity index (χ1n) is 6.28. The van der Waals surface area contributed by atoms with E-state index >= 15 is 0 Å². The fraction of sp³-hybridized carbons (Fsp3) is 0.429. The maximum atomic E-state index is 11.8. The second kappa shape index (κ2) is 7.62. The molecule has 1 aromatic carbocycles. The number of nitrogens with one attached hydrogen (secondary N) is 1. The van der Waals surface area contributed by atoms with Crippen molar-refractivity contribution in [3.05, 3.63) is 35.9 Å². The Labute approximate surface area is 117 Å². The number of aliphatic hydroxyl groups is 1. The minimum atomic E-state index is -1.34. The van der Waals surface area contributed by atoms with Crippen LogP contribution in [-0.4, -0.2) is 40.3 Å². The minimum absolute atomic E-state index is 0.252. The molecule has 0 fully saturated rings. The van der Waals surface area contributed by atoms with Crippen LogP contribution < -0.4 is 5.32 Å². The topological polar surface area (TPSA) is 95.9 Å². The predicted octanol–water partition coefficient (Wildman–Crippen LogP) is 0.542. The Hall–Kier alpha value is -1.92. The summed E-state index contributed by atoms with van der Waals surface area (Å²) in [5, 5.41) is 20.4. The molecule has 110 valence electrons. The first kappa shape index (κ1) is 16.1. The van der Waals surface area contributed by atoms with Crippen LogP contribution in [0.25, 0.3) is 0 Å². The molecule has 1 unspecified atom stereocenters. The number of carboxylic acids is 1. The van der Waals surface area contributed by atoms with Crippen LogP contribution in [0.2, 0.25) is 0 Å². The molecule has 3 N–H and O–H groups in total. The van der Waals surface area contributed by atoms with E-state index in [1.165, 1.54) is 13.8 Å². The van der Waals surface area contributed by atoms with Crippen molar-refractivity contribution in [1.29, 1.82) is 0 Å². The number of carbonyl (C=O) groups is 2. The molecular formula is C14H19NO5. The zero-order chi connectivity index (χ0) is 15.1. The first-order chi connectivity index (χ1) is 9.41. The molecule has 0 bridgehead atoms. The SMILES string of the molecule is CC(OCc1ccccc1)C(=O)N[C@H](C(=O)O)[C@H](C)O. The van der Waals surface area contributed by atoms with Gasteiger partial charge in [-0.25, -0.2) is 4.79 Å². The molecule has 1 rings (SSSR count). The van der Waals surface area contributed by atoms with Gasteiger partial charge in [-0.3, -0.25) is 4.79 Å². The molecule has 0 spiro atoms. The highest BCUT2D eigenvalue weighted by molar-refractivity contribution is 5.86. The van der Waals surface area contributed by atoms with Gasteiger partial charge in [-0.15, -0.1) is 0 Å². The van der Waals surface area contributed by atoms with Crippen LogP contribution in [-0.2, 0) is 20.9 Å². The molecule has 6 nitrogen and oxygen atoms in total. The molecule has 0 aromatic heterocycles. The zero-order valence-electron chi connectivity index (χ0n) is 11.4. The number of hydrogen-bond donors (Lipinski definition) is 3. The molecule has 1 amide bonds. The second-order valence-corrected chi connectivity index (χ2v) is 4.50. The standard InChI is InChI=1S/C14H19NO5/c1-9(16)12(14(18)19)15-13(17)10(2)20-8-11-6-4-3-5-7-11/h3-7,9-10,12,16H,8H2,1-2H3,(H,15,17)(H,18,19)/t9-,10?,12-/m0/s1. The van der Waals surface area contributed by atoms with Crippen LogP contribution in [0.5, 0.6) is 0 Å². The predicted molar refractivity (Wildman–Crippen MR) is 71.9 cm³/mol. The fourth-order valence-corrected chi connectivity index (χ4v) is 1.53. The third-order valence-electron chi connectivity index (χ3n) is 2.76. The number of aliphatic hydroxyl groups excluding tert-OH is 1. The number of carbonyl (C=O) groups excluding carboxylic acids is 1. The Morgan fingerprint density at radius 3 is 2.35 bits per heavy atom. The molecule has 0 saturated heterocycles. The Bertz CT molecular complexity index is 446. The van der Waals surface area contributed by atoms with Crippen LogP contribution in [0.3, 0.4) is 0 Å². The Balaban J connectivity index is 2.48. The van der Waals surface area contributed by atoms with Gasteiger partial charge in [0.25, 0.3) is 0 Å². The number of benzene rings is 1. The van der Waals surface area contributed by atoms with E-state index < -0.39 is 30.1 Å². The molecule has 0 aliphatic heterocycles. The molecule has 0 heterocycles. The smallest absolute Gasteiger partial charge is 0.328 e. The summed E-state index contributed by atoms with van der Waals surface area (Å²) >= 11 is 0. The Morgan fingerprint density at radius 2 is 1.85 bits per heavy atom. The largest absolute Gasteiger partial charge is 0.480 e. The average Bonchev–Trinajstić information content (AvgIpc) is 2.42. The van der Waals surface area contributed by atoms with E-state index in [-0.39, 0.29) is 6.61 Å². The van der Waals surface area contributed by atoms with Gasteiger partial charge in [0.1, 0.15) is 6.10 Å². The van der Waals surface area contributed by atoms with Crippen molar-refractivity contribution in [1.82, 2.24) is 5.32 Å². The lowest BCUT2D eigenvalue weighted by Gasteiger charge is -2.20. The maximum Gasteiger partial charge on any atom is 0.328 e. The summed E-state index contributed by atoms with van der Waals surface area (Å²) in [4.78, 5) is 22.6. The van der Waals surface area contributed by atoms with Gasteiger partial charge in [-0.2, -0.15) is 0 Å². The highest BCUT2D eigenvalue weighted by Gasteiger charge is 2.27. The van der Waals surface area contributed by atoms with E-state index in [9.17, 15) is 14.7 Å². The Kier molecular flexibility index (Phi) is 6.14. The first-order valence-corrected chi connectivity index (χ1v) is 6.28. The van der Waals surface area contributed by atoms with Crippen LogP contribution in [0.1, 0.15) is 19.4 Å². The Morgan fingerprint density at radius 1 is 1.25 bits per heavy atom. The molecule has 0 aliphatic rings. The average molecular weight is 281 g/mol. The van der Waals surface area contributed by atoms with Gasteiger partial charge in [-0.1, -0.05) is 30.3 Å². The third-order valence-corrected chi connectivity index (χ3v) is 2.76. The lowest BCUT2D eigenvalue weighted by molar-refractivity contribution is -0.147. The third kappa shape index (κ3) is 4.99. The van der Waals surface area contributed by atoms with Crippen molar-refractivity contribution in [2.75, 3.05) is 0 Å². The van der Waals surface area contributed by atoms with Crippen LogP contribution in [0, 0.1) is 0 Å². The summed E-state index contributed by atoms with van der Waals surface area (Å²) in [5.41, 5.74) is 0.914. The molecule has 0 saturated carbocycles. The van der Waals surface area contributed by atoms with Gasteiger partial charge in [-0.05, 0) is 19.4 Å². The lowest BCUT2D eigenvalue weighted by atomic mass is 10.2. The summed E-state index contributed by atoms with van der Waals surface area (Å²) in [6.07, 6.45) is -1.99. The van der Waals surface area contributed by atoms with E-state index in [2.05, 4.69) is 5.32 Å². The van der Waals surface area contributed by atoms with Crippen LogP contribution >= 0.6 is 0 Å². The number of aliphatic carboxylic acids is 1. The number of rotatable bonds is 7. The van der Waals surface area contributed by atoms with Gasteiger partial charge in [0.2, 0.25) is 5.91 Å². The number of ether oxygens (including phenoxy) is 1. The van der Waals surface area contributed by atoms with Gasteiger partial charge in [0, 0.05) is 0 Å². The maximum absolute atomic E-state index is 11.8. The summed E-state index contributed by atoms with van der Waals surface area (Å²) in [7, 11) is 0. The van der Waals surface area contributed by atoms with Crippen LogP contribution in [0.15, 0.2) is 30.3 Å². The highest BCUT2D eigenvalue weighted by Crippen LogP contribution is 2.04. The molecule has 20 heavy (non-hydrogen) atoms. The van der Waals surface area contributed by atoms with E-state index in [1.807, 2.05) is 30.3 Å². The number of carboxylic acid groups (broad SMARTS) is 1. The normalized spacial score (nSPS) is 15.2. The number of hydrogen-bond acceptors (Lipinski definition) is 4. The molecule has 3 atom stereocenters.